The van der Waals surface area contributed by atoms with Crippen LogP contribution in [0.15, 0.2) is 103 Å². The van der Waals surface area contributed by atoms with Crippen LogP contribution in [0.25, 0.3) is 0 Å². The van der Waals surface area contributed by atoms with Crippen LogP contribution in [0.1, 0.15) is 39.0 Å². The van der Waals surface area contributed by atoms with Crippen molar-refractivity contribution < 1.29 is 18.7 Å². The van der Waals surface area contributed by atoms with Crippen LogP contribution in [-0.2, 0) is 11.3 Å². The van der Waals surface area contributed by atoms with Crippen LogP contribution in [0.3, 0.4) is 0 Å². The number of hydrogen-bond donors (Lipinski definition) is 0. The Bertz CT molecular complexity index is 1520. The second kappa shape index (κ2) is 11.5. The number of amides is 2. The van der Waals surface area contributed by atoms with Gasteiger partial charge in [0.25, 0.3) is 5.91 Å². The van der Waals surface area contributed by atoms with E-state index < -0.39 is 12.0 Å². The van der Waals surface area contributed by atoms with E-state index in [0.29, 0.717) is 24.4 Å². The maximum Gasteiger partial charge on any atom is 0.255 e. The number of rotatable bonds is 6. The molecule has 6 rings (SSSR count). The average Bonchev–Trinajstić information content (AvgIpc) is 3.03. The average molecular weight is 550 g/mol. The van der Waals surface area contributed by atoms with Crippen molar-refractivity contribution in [2.45, 2.75) is 18.5 Å². The van der Waals surface area contributed by atoms with Crippen LogP contribution in [0.5, 0.6) is 5.75 Å². The number of fused-ring (bicyclic) bond motifs is 1. The van der Waals surface area contributed by atoms with Gasteiger partial charge in [-0.2, -0.15) is 0 Å². The van der Waals surface area contributed by atoms with Gasteiger partial charge in [0, 0.05) is 44.0 Å². The van der Waals surface area contributed by atoms with Crippen LogP contribution in [0.4, 0.5) is 10.1 Å². The van der Waals surface area contributed by atoms with Gasteiger partial charge in [0.1, 0.15) is 11.6 Å². The second-order valence-electron chi connectivity index (χ2n) is 10.5. The number of benzene rings is 4. The van der Waals surface area contributed by atoms with Gasteiger partial charge in [-0.25, -0.2) is 4.39 Å². The highest BCUT2D eigenvalue weighted by atomic mass is 19.1. The van der Waals surface area contributed by atoms with Gasteiger partial charge < -0.3 is 19.4 Å². The summed E-state index contributed by atoms with van der Waals surface area (Å²) < 4.78 is 19.1. The molecule has 4 aromatic carbocycles. The normalized spacial score (nSPS) is 18.7. The van der Waals surface area contributed by atoms with E-state index in [-0.39, 0.29) is 24.2 Å². The van der Waals surface area contributed by atoms with Crippen LogP contribution >= 0.6 is 0 Å². The first kappa shape index (κ1) is 26.6. The molecule has 1 fully saturated rings. The molecule has 0 radical (unpaired) electrons. The number of carbonyl (C=O) groups excluding carboxylic acids is 2. The molecule has 208 valence electrons. The van der Waals surface area contributed by atoms with E-state index in [0.717, 1.165) is 35.5 Å². The van der Waals surface area contributed by atoms with Crippen molar-refractivity contribution >= 4 is 17.5 Å². The minimum atomic E-state index is -0.596. The Kier molecular flexibility index (Phi) is 7.42. The summed E-state index contributed by atoms with van der Waals surface area (Å²) >= 11 is 0. The lowest BCUT2D eigenvalue weighted by molar-refractivity contribution is -0.135. The van der Waals surface area contributed by atoms with Gasteiger partial charge >= 0.3 is 0 Å². The molecule has 1 saturated heterocycles. The van der Waals surface area contributed by atoms with E-state index in [1.807, 2.05) is 65.6 Å². The Morgan fingerprint density at radius 3 is 2.17 bits per heavy atom. The molecule has 0 aliphatic carbocycles. The summed E-state index contributed by atoms with van der Waals surface area (Å²) in [6.45, 7) is 2.89. The highest BCUT2D eigenvalue weighted by molar-refractivity contribution is 6.01. The number of ether oxygens (including phenoxy) is 1. The topological polar surface area (TPSA) is 53.1 Å². The Hall–Kier alpha value is -4.65. The first-order valence-electron chi connectivity index (χ1n) is 13.9. The van der Waals surface area contributed by atoms with Crippen molar-refractivity contribution in [1.82, 2.24) is 9.80 Å². The standard InChI is InChI=1S/C34H32FN3O3/c1-41-28-17-13-25(14-18-28)32-31(34(40)37-21-19-36(20-22-37)27-7-3-2-4-8-27)29-9-5-6-10-30(29)33(39)38(32)23-24-11-15-26(35)16-12-24/h2-18,31-32H,19-23H2,1H3/t31-,32+/m0/s1. The second-order valence-corrected chi connectivity index (χ2v) is 10.5. The zero-order valence-electron chi connectivity index (χ0n) is 22.9. The van der Waals surface area contributed by atoms with Crippen molar-refractivity contribution in [2.24, 2.45) is 0 Å². The molecule has 0 spiro atoms. The lowest BCUT2D eigenvalue weighted by Crippen LogP contribution is -2.53. The van der Waals surface area contributed by atoms with Crippen molar-refractivity contribution in [3.05, 3.63) is 131 Å². The third kappa shape index (κ3) is 5.27. The summed E-state index contributed by atoms with van der Waals surface area (Å²) in [6.07, 6.45) is 0. The Balaban J connectivity index is 1.38. The molecule has 0 saturated carbocycles. The Morgan fingerprint density at radius 1 is 0.829 bits per heavy atom. The van der Waals surface area contributed by atoms with Crippen molar-refractivity contribution in [1.29, 1.82) is 0 Å². The molecule has 41 heavy (non-hydrogen) atoms. The first-order valence-corrected chi connectivity index (χ1v) is 13.9. The van der Waals surface area contributed by atoms with Crippen molar-refractivity contribution in [3.8, 4) is 5.75 Å². The summed E-state index contributed by atoms with van der Waals surface area (Å²) in [7, 11) is 1.61. The van der Waals surface area contributed by atoms with E-state index in [1.165, 1.54) is 12.1 Å². The molecule has 2 amide bonds. The van der Waals surface area contributed by atoms with E-state index in [9.17, 15) is 14.0 Å². The predicted octanol–water partition coefficient (Wildman–Crippen LogP) is 5.66. The Morgan fingerprint density at radius 2 is 1.49 bits per heavy atom. The number of methoxy groups -OCH3 is 1. The van der Waals surface area contributed by atoms with Crippen LogP contribution < -0.4 is 9.64 Å². The van der Waals surface area contributed by atoms with Crippen molar-refractivity contribution in [3.63, 3.8) is 0 Å². The molecule has 4 aromatic rings. The molecule has 0 N–H and O–H groups in total. The van der Waals surface area contributed by atoms with E-state index >= 15 is 0 Å². The van der Waals surface area contributed by atoms with Crippen LogP contribution in [0.2, 0.25) is 0 Å². The van der Waals surface area contributed by atoms with E-state index in [1.54, 1.807) is 30.2 Å². The lowest BCUT2D eigenvalue weighted by Gasteiger charge is -2.45. The van der Waals surface area contributed by atoms with Gasteiger partial charge in [-0.1, -0.05) is 60.7 Å². The number of halogens is 1. The summed E-state index contributed by atoms with van der Waals surface area (Å²) in [5, 5.41) is 0. The quantitative estimate of drug-likeness (QED) is 0.311. The van der Waals surface area contributed by atoms with Gasteiger partial charge in [0.05, 0.1) is 19.1 Å². The number of hydrogen-bond acceptors (Lipinski definition) is 4. The van der Waals surface area contributed by atoms with Gasteiger partial charge in [-0.05, 0) is 59.2 Å². The third-order valence-corrected chi connectivity index (χ3v) is 8.14. The first-order chi connectivity index (χ1) is 20.0. The number of piperazine rings is 1. The maximum absolute atomic E-state index is 14.5. The predicted molar refractivity (Wildman–Crippen MR) is 156 cm³/mol. The molecular weight excluding hydrogens is 517 g/mol. The fourth-order valence-corrected chi connectivity index (χ4v) is 6.01. The fourth-order valence-electron chi connectivity index (χ4n) is 6.01. The van der Waals surface area contributed by atoms with Crippen molar-refractivity contribution in [2.75, 3.05) is 38.2 Å². The smallest absolute Gasteiger partial charge is 0.255 e. The number of nitrogens with zero attached hydrogens (tertiary/aromatic N) is 3. The summed E-state index contributed by atoms with van der Waals surface area (Å²) in [4.78, 5) is 34.5. The Labute approximate surface area is 239 Å². The molecule has 0 unspecified atom stereocenters. The lowest BCUT2D eigenvalue weighted by atomic mass is 9.78. The summed E-state index contributed by atoms with van der Waals surface area (Å²) in [6, 6.07) is 30.9. The molecule has 0 aromatic heterocycles. The fraction of sp³-hybridized carbons (Fsp3) is 0.235. The van der Waals surface area contributed by atoms with Gasteiger partial charge in [0.15, 0.2) is 0 Å². The van der Waals surface area contributed by atoms with Gasteiger partial charge in [-0.3, -0.25) is 9.59 Å². The zero-order chi connectivity index (χ0) is 28.3. The number of carbonyl (C=O) groups is 2. The highest BCUT2D eigenvalue weighted by Crippen LogP contribution is 2.45. The molecule has 2 aliphatic heterocycles. The monoisotopic (exact) mass is 549 g/mol. The van der Waals surface area contributed by atoms with E-state index in [2.05, 4.69) is 17.0 Å². The third-order valence-electron chi connectivity index (χ3n) is 8.14. The summed E-state index contributed by atoms with van der Waals surface area (Å²) in [5.41, 5.74) is 4.05. The van der Waals surface area contributed by atoms with Gasteiger partial charge in [-0.15, -0.1) is 0 Å². The van der Waals surface area contributed by atoms with Crippen LogP contribution in [0, 0.1) is 5.82 Å². The molecular formula is C34H32FN3O3. The molecule has 2 atom stereocenters. The van der Waals surface area contributed by atoms with Crippen LogP contribution in [-0.4, -0.2) is 54.9 Å². The number of anilines is 1. The minimum Gasteiger partial charge on any atom is -0.497 e. The molecule has 7 heteroatoms. The molecule has 2 heterocycles. The molecule has 2 aliphatic rings. The largest absolute Gasteiger partial charge is 0.497 e. The molecule has 6 nitrogen and oxygen atoms in total. The van der Waals surface area contributed by atoms with E-state index in [4.69, 9.17) is 4.74 Å². The van der Waals surface area contributed by atoms with Gasteiger partial charge in [0.2, 0.25) is 5.91 Å². The SMILES string of the molecule is COc1ccc([C@@H]2[C@@H](C(=O)N3CCN(c4ccccc4)CC3)c3ccccc3C(=O)N2Cc2ccc(F)cc2)cc1. The molecule has 0 bridgehead atoms. The highest BCUT2D eigenvalue weighted by Gasteiger charge is 2.45. The number of para-hydroxylation sites is 1. The minimum absolute atomic E-state index is 0.00239. The summed E-state index contributed by atoms with van der Waals surface area (Å²) in [5.74, 6) is -0.382. The zero-order valence-corrected chi connectivity index (χ0v) is 22.9. The maximum atomic E-state index is 14.5.